The van der Waals surface area contributed by atoms with Gasteiger partial charge in [-0.05, 0) is 30.3 Å². The maximum atomic E-state index is 5.92. The summed E-state index contributed by atoms with van der Waals surface area (Å²) in [6.45, 7) is 1.24. The second-order valence-corrected chi connectivity index (χ2v) is 4.17. The largest absolute Gasteiger partial charge is 0.489 e. The third-order valence-electron chi connectivity index (χ3n) is 2.90. The smallest absolute Gasteiger partial charge is 0.145 e. The van der Waals surface area contributed by atoms with Gasteiger partial charge in [-0.15, -0.1) is 0 Å². The number of hydrogen-bond donors (Lipinski definition) is 1. The topological polar surface area (TPSA) is 66.0 Å². The molecule has 0 radical (unpaired) electrons. The Kier molecular flexibility index (Phi) is 3.02. The van der Waals surface area contributed by atoms with E-state index in [-0.39, 0.29) is 0 Å². The van der Waals surface area contributed by atoms with E-state index in [0.717, 1.165) is 16.7 Å². The zero-order chi connectivity index (χ0) is 13.1. The van der Waals surface area contributed by atoms with Crippen molar-refractivity contribution in [1.29, 1.82) is 0 Å². The lowest BCUT2D eigenvalue weighted by atomic mass is 10.2. The number of fused-ring (bicyclic) bond motifs is 1. The number of nitrogens with two attached hydrogens (primary N) is 1. The SMILES string of the molecule is Nc1ccc(OCCn2cccn2)c2ncccc12. The van der Waals surface area contributed by atoms with Gasteiger partial charge in [-0.3, -0.25) is 9.67 Å². The van der Waals surface area contributed by atoms with Gasteiger partial charge in [-0.25, -0.2) is 0 Å². The fourth-order valence-corrected chi connectivity index (χ4v) is 1.97. The summed E-state index contributed by atoms with van der Waals surface area (Å²) in [7, 11) is 0. The first-order chi connectivity index (χ1) is 9.34. The minimum atomic E-state index is 0.539. The van der Waals surface area contributed by atoms with Crippen LogP contribution in [0.1, 0.15) is 0 Å². The Labute approximate surface area is 110 Å². The molecule has 5 heteroatoms. The molecule has 2 heterocycles. The molecule has 0 atom stereocenters. The van der Waals surface area contributed by atoms with Crippen LogP contribution in [0.3, 0.4) is 0 Å². The summed E-state index contributed by atoms with van der Waals surface area (Å²) in [5, 5.41) is 5.04. The van der Waals surface area contributed by atoms with E-state index >= 15 is 0 Å². The summed E-state index contributed by atoms with van der Waals surface area (Å²) >= 11 is 0. The van der Waals surface area contributed by atoms with E-state index in [1.165, 1.54) is 0 Å². The molecule has 0 fully saturated rings. The molecule has 5 nitrogen and oxygen atoms in total. The number of rotatable bonds is 4. The Balaban J connectivity index is 1.79. The van der Waals surface area contributed by atoms with Gasteiger partial charge in [0, 0.05) is 29.7 Å². The molecule has 3 rings (SSSR count). The highest BCUT2D eigenvalue weighted by Gasteiger charge is 2.05. The van der Waals surface area contributed by atoms with Gasteiger partial charge in [0.1, 0.15) is 17.9 Å². The Morgan fingerprint density at radius 2 is 2.11 bits per heavy atom. The standard InChI is InChI=1S/C14H14N4O/c15-12-4-5-13(14-11(12)3-1-6-16-14)19-10-9-18-8-2-7-17-18/h1-8H,9-10,15H2. The predicted octanol–water partition coefficient (Wildman–Crippen LogP) is 2.09. The van der Waals surface area contributed by atoms with Crippen molar-refractivity contribution >= 4 is 16.6 Å². The van der Waals surface area contributed by atoms with Crippen molar-refractivity contribution in [3.63, 3.8) is 0 Å². The van der Waals surface area contributed by atoms with Crippen LogP contribution in [0.2, 0.25) is 0 Å². The fraction of sp³-hybridized carbons (Fsp3) is 0.143. The molecule has 2 aromatic heterocycles. The van der Waals surface area contributed by atoms with Gasteiger partial charge >= 0.3 is 0 Å². The highest BCUT2D eigenvalue weighted by atomic mass is 16.5. The average Bonchev–Trinajstić information content (AvgIpc) is 2.95. The summed E-state index contributed by atoms with van der Waals surface area (Å²) in [5.41, 5.74) is 7.43. The molecule has 0 bridgehead atoms. The summed E-state index contributed by atoms with van der Waals surface area (Å²) in [6, 6.07) is 9.39. The normalized spacial score (nSPS) is 10.7. The molecule has 0 aliphatic heterocycles. The predicted molar refractivity (Wildman–Crippen MR) is 73.9 cm³/mol. The molecule has 1 aromatic carbocycles. The van der Waals surface area contributed by atoms with Gasteiger partial charge in [0.2, 0.25) is 0 Å². The van der Waals surface area contributed by atoms with Crippen LogP contribution in [0.4, 0.5) is 5.69 Å². The molecule has 0 aliphatic rings. The molecule has 0 saturated heterocycles. The number of nitrogen functional groups attached to an aromatic ring is 1. The lowest BCUT2D eigenvalue weighted by Crippen LogP contribution is -2.08. The zero-order valence-corrected chi connectivity index (χ0v) is 10.4. The Morgan fingerprint density at radius 1 is 1.16 bits per heavy atom. The van der Waals surface area contributed by atoms with Gasteiger partial charge < -0.3 is 10.5 Å². The van der Waals surface area contributed by atoms with Crippen LogP contribution in [-0.2, 0) is 6.54 Å². The number of anilines is 1. The van der Waals surface area contributed by atoms with Gasteiger partial charge in [0.05, 0.1) is 6.54 Å². The summed E-state index contributed by atoms with van der Waals surface area (Å²) in [6.07, 6.45) is 5.39. The number of aromatic nitrogens is 3. The van der Waals surface area contributed by atoms with Gasteiger partial charge in [-0.1, -0.05) is 0 Å². The van der Waals surface area contributed by atoms with E-state index in [2.05, 4.69) is 10.1 Å². The van der Waals surface area contributed by atoms with Crippen molar-refractivity contribution in [2.24, 2.45) is 0 Å². The molecule has 0 saturated carbocycles. The Hall–Kier alpha value is -2.56. The van der Waals surface area contributed by atoms with Crippen molar-refractivity contribution in [3.8, 4) is 5.75 Å². The minimum Gasteiger partial charge on any atom is -0.489 e. The van der Waals surface area contributed by atoms with Crippen molar-refractivity contribution in [2.45, 2.75) is 6.54 Å². The van der Waals surface area contributed by atoms with Crippen LogP contribution in [-0.4, -0.2) is 21.4 Å². The maximum Gasteiger partial charge on any atom is 0.145 e. The second kappa shape index (κ2) is 4.97. The highest BCUT2D eigenvalue weighted by Crippen LogP contribution is 2.27. The molecule has 2 N–H and O–H groups in total. The maximum absolute atomic E-state index is 5.92. The van der Waals surface area contributed by atoms with Crippen LogP contribution in [0, 0.1) is 0 Å². The van der Waals surface area contributed by atoms with Crippen LogP contribution in [0.15, 0.2) is 48.9 Å². The number of pyridine rings is 1. The zero-order valence-electron chi connectivity index (χ0n) is 10.4. The van der Waals surface area contributed by atoms with Gasteiger partial charge in [0.15, 0.2) is 0 Å². The van der Waals surface area contributed by atoms with Crippen molar-refractivity contribution in [2.75, 3.05) is 12.3 Å². The second-order valence-electron chi connectivity index (χ2n) is 4.17. The molecule has 96 valence electrons. The Bertz CT molecular complexity index is 679. The van der Waals surface area contributed by atoms with Crippen LogP contribution in [0.5, 0.6) is 5.75 Å². The first-order valence-corrected chi connectivity index (χ1v) is 6.08. The number of benzene rings is 1. The first-order valence-electron chi connectivity index (χ1n) is 6.08. The molecular weight excluding hydrogens is 240 g/mol. The third-order valence-corrected chi connectivity index (χ3v) is 2.90. The first kappa shape index (κ1) is 11.5. The lowest BCUT2D eigenvalue weighted by molar-refractivity contribution is 0.294. The van der Waals surface area contributed by atoms with E-state index in [1.54, 1.807) is 12.4 Å². The van der Waals surface area contributed by atoms with Crippen LogP contribution in [0.25, 0.3) is 10.9 Å². The van der Waals surface area contributed by atoms with E-state index in [0.29, 0.717) is 18.8 Å². The number of ether oxygens (including phenoxy) is 1. The molecule has 0 spiro atoms. The summed E-state index contributed by atoms with van der Waals surface area (Å²) in [5.74, 6) is 0.747. The van der Waals surface area contributed by atoms with Crippen LogP contribution < -0.4 is 10.5 Å². The summed E-state index contributed by atoms with van der Waals surface area (Å²) in [4.78, 5) is 4.33. The van der Waals surface area contributed by atoms with Gasteiger partial charge in [0.25, 0.3) is 0 Å². The molecule has 19 heavy (non-hydrogen) atoms. The minimum absolute atomic E-state index is 0.539. The average molecular weight is 254 g/mol. The number of nitrogens with zero attached hydrogens (tertiary/aromatic N) is 3. The fourth-order valence-electron chi connectivity index (χ4n) is 1.97. The van der Waals surface area contributed by atoms with Crippen LogP contribution >= 0.6 is 0 Å². The molecule has 3 aromatic rings. The van der Waals surface area contributed by atoms with Crippen molar-refractivity contribution in [1.82, 2.24) is 14.8 Å². The molecular formula is C14H14N4O. The van der Waals surface area contributed by atoms with E-state index < -0.39 is 0 Å². The Morgan fingerprint density at radius 3 is 2.95 bits per heavy atom. The molecule has 0 amide bonds. The quantitative estimate of drug-likeness (QED) is 0.724. The van der Waals surface area contributed by atoms with Crippen molar-refractivity contribution < 1.29 is 4.74 Å². The molecule has 0 aliphatic carbocycles. The van der Waals surface area contributed by atoms with Crippen molar-refractivity contribution in [3.05, 3.63) is 48.9 Å². The monoisotopic (exact) mass is 254 g/mol. The van der Waals surface area contributed by atoms with Gasteiger partial charge in [-0.2, -0.15) is 5.10 Å². The molecule has 0 unspecified atom stereocenters. The lowest BCUT2D eigenvalue weighted by Gasteiger charge is -2.10. The highest BCUT2D eigenvalue weighted by molar-refractivity contribution is 5.94. The third kappa shape index (κ3) is 2.35. The number of hydrogen-bond acceptors (Lipinski definition) is 4. The van der Waals surface area contributed by atoms with E-state index in [1.807, 2.05) is 41.2 Å². The van der Waals surface area contributed by atoms with E-state index in [4.69, 9.17) is 10.5 Å². The van der Waals surface area contributed by atoms with E-state index in [9.17, 15) is 0 Å². The summed E-state index contributed by atoms with van der Waals surface area (Å²) < 4.78 is 7.60.